The van der Waals surface area contributed by atoms with Crippen molar-refractivity contribution >= 4 is 21.2 Å². The van der Waals surface area contributed by atoms with Crippen molar-refractivity contribution in [3.8, 4) is 5.75 Å². The van der Waals surface area contributed by atoms with E-state index in [-0.39, 0.29) is 31.0 Å². The van der Waals surface area contributed by atoms with Crippen LogP contribution < -0.4 is 4.52 Å². The number of hydrogen-bond donors (Lipinski definition) is 0. The monoisotopic (exact) mass is 568 g/mol. The van der Waals surface area contributed by atoms with Gasteiger partial charge >= 0.3 is 21.2 Å². The summed E-state index contributed by atoms with van der Waals surface area (Å²) < 4.78 is 60.7. The van der Waals surface area contributed by atoms with Crippen LogP contribution in [0, 0.1) is 17.8 Å². The van der Waals surface area contributed by atoms with Crippen LogP contribution in [-0.4, -0.2) is 44.4 Å². The van der Waals surface area contributed by atoms with E-state index < -0.39 is 39.7 Å². The molecular weight excluding hydrogens is 530 g/mol. The first-order valence-electron chi connectivity index (χ1n) is 12.6. The average Bonchev–Trinajstić information content (AvgIpc) is 2.86. The predicted octanol–water partition coefficient (Wildman–Crippen LogP) is 6.53. The van der Waals surface area contributed by atoms with Gasteiger partial charge in [0.1, 0.15) is 5.75 Å². The largest absolute Gasteiger partial charge is 0.457 e. The van der Waals surface area contributed by atoms with Crippen LogP contribution in [0.2, 0.25) is 0 Å². The van der Waals surface area contributed by atoms with Gasteiger partial charge in [0.25, 0.3) is 0 Å². The molecule has 1 aliphatic heterocycles. The fourth-order valence-corrected chi connectivity index (χ4v) is 6.39. The van der Waals surface area contributed by atoms with Gasteiger partial charge in [0.15, 0.2) is 6.10 Å². The third kappa shape index (κ3) is 9.04. The number of hydrogen-bond acceptors (Lipinski definition) is 9. The molecule has 1 heterocycles. The lowest BCUT2D eigenvalue weighted by molar-refractivity contribution is -0.257. The second-order valence-corrected chi connectivity index (χ2v) is 13.8. The maximum atomic E-state index is 13.3. The van der Waals surface area contributed by atoms with Gasteiger partial charge in [-0.2, -0.15) is 0 Å². The van der Waals surface area contributed by atoms with Crippen molar-refractivity contribution in [2.75, 3.05) is 19.9 Å². The summed E-state index contributed by atoms with van der Waals surface area (Å²) in [5.74, 6) is -0.655. The number of ether oxygens (including phenoxy) is 2. The van der Waals surface area contributed by atoms with Crippen LogP contribution in [0.1, 0.15) is 33.3 Å². The fourth-order valence-electron chi connectivity index (χ4n) is 4.33. The molecule has 2 aromatic rings. The summed E-state index contributed by atoms with van der Waals surface area (Å²) in [5, 5.41) is 0. The second kappa shape index (κ2) is 13.4. The second-order valence-electron chi connectivity index (χ2n) is 9.85. The van der Waals surface area contributed by atoms with Gasteiger partial charge in [0, 0.05) is 25.4 Å². The molecule has 0 amide bonds. The van der Waals surface area contributed by atoms with E-state index in [1.807, 2.05) is 57.2 Å². The van der Waals surface area contributed by atoms with E-state index in [4.69, 9.17) is 27.6 Å². The standard InChI is InChI=1S/C27H38O9P2/c1-19(17-31-37(5,29)32-18-23-13-9-7-10-14-23)25-20(2)21(3)26(33-22(4)28)27(34-25)36-38(6,30)35-24-15-11-8-12-16-24/h7-16,19-21,25-27H,17-18H2,1-6H3/t19-,20+,21+,25?,26?,27-,37?,38?/m1/s1. The van der Waals surface area contributed by atoms with Crippen LogP contribution in [-0.2, 0) is 43.6 Å². The van der Waals surface area contributed by atoms with Crippen LogP contribution in [0.5, 0.6) is 5.75 Å². The summed E-state index contributed by atoms with van der Waals surface area (Å²) in [7, 11) is -7.00. The van der Waals surface area contributed by atoms with Crippen molar-refractivity contribution in [3.63, 3.8) is 0 Å². The van der Waals surface area contributed by atoms with Gasteiger partial charge in [-0.05, 0) is 23.6 Å². The van der Waals surface area contributed by atoms with Crippen molar-refractivity contribution in [3.05, 3.63) is 66.2 Å². The lowest BCUT2D eigenvalue weighted by Crippen LogP contribution is -2.53. The number of benzene rings is 2. The molecule has 1 fully saturated rings. The number of rotatable bonds is 12. The van der Waals surface area contributed by atoms with Gasteiger partial charge in [-0.25, -0.2) is 4.57 Å². The molecule has 0 aliphatic carbocycles. The highest BCUT2D eigenvalue weighted by Crippen LogP contribution is 2.50. The molecule has 2 aromatic carbocycles. The molecule has 11 heteroatoms. The average molecular weight is 569 g/mol. The van der Waals surface area contributed by atoms with Crippen molar-refractivity contribution in [1.82, 2.24) is 0 Å². The van der Waals surface area contributed by atoms with Crippen LogP contribution >= 0.6 is 15.2 Å². The van der Waals surface area contributed by atoms with Crippen LogP contribution in [0.15, 0.2) is 60.7 Å². The molecule has 0 saturated carbocycles. The first-order valence-corrected chi connectivity index (χ1v) is 16.6. The van der Waals surface area contributed by atoms with Crippen LogP contribution in [0.4, 0.5) is 0 Å². The minimum atomic E-state index is -3.66. The summed E-state index contributed by atoms with van der Waals surface area (Å²) in [5.41, 5.74) is 0.891. The maximum Gasteiger partial charge on any atom is 0.378 e. The Kier molecular flexibility index (Phi) is 10.8. The zero-order valence-electron chi connectivity index (χ0n) is 22.7. The lowest BCUT2D eigenvalue weighted by Gasteiger charge is -2.45. The van der Waals surface area contributed by atoms with Gasteiger partial charge in [-0.3, -0.25) is 13.9 Å². The Labute approximate surface area is 225 Å². The van der Waals surface area contributed by atoms with Crippen molar-refractivity contribution < 1.29 is 41.5 Å². The first-order chi connectivity index (χ1) is 17.9. The van der Waals surface area contributed by atoms with Crippen molar-refractivity contribution in [1.29, 1.82) is 0 Å². The zero-order valence-corrected chi connectivity index (χ0v) is 24.5. The minimum absolute atomic E-state index is 0.0921. The van der Waals surface area contributed by atoms with Gasteiger partial charge < -0.3 is 23.0 Å². The molecule has 8 atom stereocenters. The molecule has 38 heavy (non-hydrogen) atoms. The molecular formula is C27H38O9P2. The predicted molar refractivity (Wildman–Crippen MR) is 144 cm³/mol. The van der Waals surface area contributed by atoms with Gasteiger partial charge in [0.05, 0.1) is 26.0 Å². The van der Waals surface area contributed by atoms with E-state index in [1.54, 1.807) is 24.3 Å². The Morgan fingerprint density at radius 2 is 1.53 bits per heavy atom. The van der Waals surface area contributed by atoms with E-state index in [1.165, 1.54) is 20.3 Å². The van der Waals surface area contributed by atoms with E-state index in [0.717, 1.165) is 5.56 Å². The van der Waals surface area contributed by atoms with Gasteiger partial charge in [-0.15, -0.1) is 0 Å². The van der Waals surface area contributed by atoms with E-state index in [2.05, 4.69) is 0 Å². The Balaban J connectivity index is 1.68. The number of esters is 1. The molecule has 3 rings (SSSR count). The van der Waals surface area contributed by atoms with Crippen molar-refractivity contribution in [2.24, 2.45) is 17.8 Å². The summed E-state index contributed by atoms with van der Waals surface area (Å²) in [4.78, 5) is 11.9. The zero-order chi connectivity index (χ0) is 27.9. The summed E-state index contributed by atoms with van der Waals surface area (Å²) in [6.07, 6.45) is -2.38. The quantitative estimate of drug-likeness (QED) is 0.209. The van der Waals surface area contributed by atoms with Gasteiger partial charge in [-0.1, -0.05) is 69.3 Å². The smallest absolute Gasteiger partial charge is 0.378 e. The topological polar surface area (TPSA) is 107 Å². The highest BCUT2D eigenvalue weighted by molar-refractivity contribution is 7.53. The number of para-hydroxylation sites is 1. The summed E-state index contributed by atoms with van der Waals surface area (Å²) in [6.45, 7) is 10.1. The third-order valence-electron chi connectivity index (χ3n) is 6.48. The number of carbonyl (C=O) groups excluding carboxylic acids is 1. The Hall–Kier alpha value is -1.99. The molecule has 1 saturated heterocycles. The highest BCUT2D eigenvalue weighted by Gasteiger charge is 2.48. The van der Waals surface area contributed by atoms with Crippen LogP contribution in [0.25, 0.3) is 0 Å². The molecule has 0 bridgehead atoms. The maximum absolute atomic E-state index is 13.3. The molecule has 0 radical (unpaired) electrons. The normalized spacial score (nSPS) is 27.5. The van der Waals surface area contributed by atoms with E-state index >= 15 is 0 Å². The summed E-state index contributed by atoms with van der Waals surface area (Å²) >= 11 is 0. The van der Waals surface area contributed by atoms with E-state index in [0.29, 0.717) is 5.75 Å². The Morgan fingerprint density at radius 1 is 0.921 bits per heavy atom. The molecule has 4 unspecified atom stereocenters. The fraction of sp³-hybridized carbons (Fsp3) is 0.519. The van der Waals surface area contributed by atoms with Crippen molar-refractivity contribution in [2.45, 2.75) is 52.8 Å². The number of carbonyl (C=O) groups is 1. The lowest BCUT2D eigenvalue weighted by atomic mass is 9.79. The molecule has 9 nitrogen and oxygen atoms in total. The first kappa shape index (κ1) is 30.6. The molecule has 0 N–H and O–H groups in total. The van der Waals surface area contributed by atoms with Gasteiger partial charge in [0.2, 0.25) is 6.29 Å². The highest BCUT2D eigenvalue weighted by atomic mass is 31.2. The molecule has 1 aliphatic rings. The minimum Gasteiger partial charge on any atom is -0.457 e. The Bertz CT molecular complexity index is 1130. The Morgan fingerprint density at radius 3 is 2.13 bits per heavy atom. The SMILES string of the molecule is CC(=O)OC1[C@@H](OP(C)(=O)Oc2ccccc2)OC([C@H](C)COP(C)(=O)OCc2ccccc2)[C@@H](C)[C@@H]1C. The molecule has 0 aromatic heterocycles. The molecule has 210 valence electrons. The van der Waals surface area contributed by atoms with E-state index in [9.17, 15) is 13.9 Å². The molecule has 0 spiro atoms. The third-order valence-corrected chi connectivity index (χ3v) is 8.83. The van der Waals surface area contributed by atoms with Crippen LogP contribution in [0.3, 0.4) is 0 Å². The summed E-state index contributed by atoms with van der Waals surface area (Å²) in [6, 6.07) is 18.1.